The van der Waals surface area contributed by atoms with Gasteiger partial charge in [-0.3, -0.25) is 4.98 Å². The lowest BCUT2D eigenvalue weighted by Gasteiger charge is -2.18. The Balaban J connectivity index is 1.66. The van der Waals surface area contributed by atoms with Gasteiger partial charge in [0.25, 0.3) is 0 Å². The molecule has 1 aliphatic rings. The number of benzene rings is 5. The summed E-state index contributed by atoms with van der Waals surface area (Å²) in [4.78, 5) is 4.30. The van der Waals surface area contributed by atoms with Crippen LogP contribution in [0.25, 0.3) is 49.4 Å². The highest BCUT2D eigenvalue weighted by Gasteiger charge is 2.35. The van der Waals surface area contributed by atoms with E-state index < -0.39 is 0 Å². The van der Waals surface area contributed by atoms with Gasteiger partial charge in [-0.05, 0) is 51.4 Å². The first-order valence-corrected chi connectivity index (χ1v) is 12.4. The van der Waals surface area contributed by atoms with Crippen LogP contribution in [-0.4, -0.2) is 9.55 Å². The van der Waals surface area contributed by atoms with Crippen LogP contribution in [0.3, 0.4) is 0 Å². The zero-order valence-electron chi connectivity index (χ0n) is 19.6. The van der Waals surface area contributed by atoms with Crippen LogP contribution in [0.4, 0.5) is 0 Å². The summed E-state index contributed by atoms with van der Waals surface area (Å²) in [5, 5.41) is 5.23. The average molecular weight is 459 g/mol. The van der Waals surface area contributed by atoms with Crippen molar-refractivity contribution in [2.45, 2.75) is 5.92 Å². The zero-order valence-corrected chi connectivity index (χ0v) is 19.6. The summed E-state index contributed by atoms with van der Waals surface area (Å²) in [6.07, 6.45) is 3.76. The molecule has 2 heteroatoms. The minimum absolute atomic E-state index is 0.203. The molecule has 36 heavy (non-hydrogen) atoms. The number of para-hydroxylation sites is 1. The summed E-state index contributed by atoms with van der Waals surface area (Å²) >= 11 is 0. The molecule has 0 saturated heterocycles. The molecule has 1 unspecified atom stereocenters. The maximum atomic E-state index is 4.30. The van der Waals surface area contributed by atoms with Gasteiger partial charge in [0.1, 0.15) is 0 Å². The molecule has 0 aliphatic heterocycles. The van der Waals surface area contributed by atoms with Crippen molar-refractivity contribution in [3.05, 3.63) is 144 Å². The van der Waals surface area contributed by atoms with E-state index in [1.165, 1.54) is 60.4 Å². The molecule has 8 rings (SSSR count). The van der Waals surface area contributed by atoms with Gasteiger partial charge in [0.15, 0.2) is 0 Å². The number of nitrogens with zero attached hydrogens (tertiary/aromatic N) is 2. The van der Waals surface area contributed by atoms with Crippen LogP contribution >= 0.6 is 0 Å². The Morgan fingerprint density at radius 2 is 1.25 bits per heavy atom. The van der Waals surface area contributed by atoms with Gasteiger partial charge in [-0.2, -0.15) is 0 Å². The Bertz CT molecular complexity index is 1930. The molecule has 2 nitrogen and oxygen atoms in total. The van der Waals surface area contributed by atoms with E-state index in [2.05, 4.69) is 125 Å². The van der Waals surface area contributed by atoms with Gasteiger partial charge in [0.2, 0.25) is 0 Å². The summed E-state index contributed by atoms with van der Waals surface area (Å²) in [5.74, 6) is 0.203. The van der Waals surface area contributed by atoms with Gasteiger partial charge in [-0.25, -0.2) is 0 Å². The lowest BCUT2D eigenvalue weighted by Crippen LogP contribution is -2.01. The fourth-order valence-electron chi connectivity index (χ4n) is 6.41. The predicted molar refractivity (Wildman–Crippen MR) is 149 cm³/mol. The van der Waals surface area contributed by atoms with Gasteiger partial charge in [0.05, 0.1) is 11.0 Å². The Labute approximate surface area is 209 Å². The first-order chi connectivity index (χ1) is 17.9. The van der Waals surface area contributed by atoms with E-state index in [0.29, 0.717) is 0 Å². The third kappa shape index (κ3) is 2.53. The first-order valence-electron chi connectivity index (χ1n) is 12.4. The van der Waals surface area contributed by atoms with Crippen LogP contribution in [0.15, 0.2) is 128 Å². The molecule has 2 aromatic heterocycles. The molecule has 0 saturated carbocycles. The van der Waals surface area contributed by atoms with Crippen LogP contribution in [0.5, 0.6) is 0 Å². The average Bonchev–Trinajstić information content (AvgIpc) is 3.48. The van der Waals surface area contributed by atoms with Crippen LogP contribution in [0.2, 0.25) is 0 Å². The van der Waals surface area contributed by atoms with Crippen LogP contribution in [0.1, 0.15) is 22.6 Å². The van der Waals surface area contributed by atoms with Crippen LogP contribution < -0.4 is 0 Å². The normalized spacial score (nSPS) is 14.4. The fourth-order valence-corrected chi connectivity index (χ4v) is 6.41. The summed E-state index contributed by atoms with van der Waals surface area (Å²) < 4.78 is 2.42. The van der Waals surface area contributed by atoms with Gasteiger partial charge < -0.3 is 4.57 Å². The number of aromatic nitrogens is 2. The van der Waals surface area contributed by atoms with Crippen molar-refractivity contribution in [3.8, 4) is 16.8 Å². The third-order valence-corrected chi connectivity index (χ3v) is 7.75. The van der Waals surface area contributed by atoms with Crippen molar-refractivity contribution in [2.75, 3.05) is 0 Å². The molecule has 0 amide bonds. The van der Waals surface area contributed by atoms with Gasteiger partial charge in [0, 0.05) is 40.2 Å². The Morgan fingerprint density at radius 1 is 0.583 bits per heavy atom. The molecule has 0 N–H and O–H groups in total. The molecule has 0 radical (unpaired) electrons. The van der Waals surface area contributed by atoms with Crippen LogP contribution in [0, 0.1) is 0 Å². The molecule has 0 fully saturated rings. The van der Waals surface area contributed by atoms with Crippen LogP contribution in [-0.2, 0) is 0 Å². The lowest BCUT2D eigenvalue weighted by molar-refractivity contribution is 1.03. The van der Waals surface area contributed by atoms with Crippen molar-refractivity contribution in [2.24, 2.45) is 0 Å². The molecule has 1 atom stereocenters. The number of pyridine rings is 1. The second-order valence-corrected chi connectivity index (χ2v) is 9.55. The fraction of sp³-hybridized carbons (Fsp3) is 0.0294. The van der Waals surface area contributed by atoms with E-state index in [1.807, 2.05) is 12.4 Å². The molecule has 0 bridgehead atoms. The van der Waals surface area contributed by atoms with E-state index in [4.69, 9.17) is 0 Å². The minimum atomic E-state index is 0.203. The third-order valence-electron chi connectivity index (χ3n) is 7.75. The largest absolute Gasteiger partial charge is 0.308 e. The molecule has 2 heterocycles. The minimum Gasteiger partial charge on any atom is -0.308 e. The summed E-state index contributed by atoms with van der Waals surface area (Å²) in [5.41, 5.74) is 10.5. The Kier molecular flexibility index (Phi) is 4.03. The molecule has 0 spiro atoms. The highest BCUT2D eigenvalue weighted by atomic mass is 15.0. The highest BCUT2D eigenvalue weighted by Crippen LogP contribution is 2.55. The monoisotopic (exact) mass is 458 g/mol. The van der Waals surface area contributed by atoms with Crippen molar-refractivity contribution in [1.29, 1.82) is 0 Å². The maximum Gasteiger partial charge on any atom is 0.0625 e. The zero-order chi connectivity index (χ0) is 23.6. The molecule has 1 aliphatic carbocycles. The Hall–Kier alpha value is -4.69. The smallest absolute Gasteiger partial charge is 0.0625 e. The quantitative estimate of drug-likeness (QED) is 0.254. The molecular weight excluding hydrogens is 436 g/mol. The topological polar surface area (TPSA) is 17.8 Å². The van der Waals surface area contributed by atoms with Crippen molar-refractivity contribution >= 4 is 32.6 Å². The van der Waals surface area contributed by atoms with E-state index >= 15 is 0 Å². The van der Waals surface area contributed by atoms with Gasteiger partial charge in [-0.15, -0.1) is 0 Å². The van der Waals surface area contributed by atoms with Crippen molar-refractivity contribution in [3.63, 3.8) is 0 Å². The van der Waals surface area contributed by atoms with Crippen molar-refractivity contribution in [1.82, 2.24) is 9.55 Å². The standard InChI is InChI=1S/C34H22N2/c1-2-10-22(11-3-1)30-24-12-4-5-13-25(24)32-31(30)26-14-6-7-15-27(26)34-33(32)28-16-8-9-17-29(28)36(34)23-18-20-35-21-19-23/h1-21,30H. The molecule has 168 valence electrons. The second-order valence-electron chi connectivity index (χ2n) is 9.55. The first kappa shape index (κ1) is 19.6. The van der Waals surface area contributed by atoms with Gasteiger partial charge in [-0.1, -0.05) is 97.1 Å². The predicted octanol–water partition coefficient (Wildman–Crippen LogP) is 8.49. The summed E-state index contributed by atoms with van der Waals surface area (Å²) in [6.45, 7) is 0. The molecular formula is C34H22N2. The lowest BCUT2D eigenvalue weighted by atomic mass is 9.85. The van der Waals surface area contributed by atoms with Crippen molar-refractivity contribution < 1.29 is 0 Å². The number of rotatable bonds is 2. The SMILES string of the molecule is c1ccc(C2c3ccccc3-c3c2c2ccccc2c2c3c3ccccc3n2-c2ccncc2)cc1. The molecule has 5 aromatic carbocycles. The number of hydrogen-bond donors (Lipinski definition) is 0. The summed E-state index contributed by atoms with van der Waals surface area (Å²) in [6, 6.07) is 41.9. The molecule has 7 aromatic rings. The van der Waals surface area contributed by atoms with E-state index in [1.54, 1.807) is 0 Å². The number of fused-ring (bicyclic) bond motifs is 10. The number of hydrogen-bond acceptors (Lipinski definition) is 1. The van der Waals surface area contributed by atoms with E-state index in [-0.39, 0.29) is 5.92 Å². The highest BCUT2D eigenvalue weighted by molar-refractivity contribution is 6.26. The Morgan fingerprint density at radius 3 is 2.08 bits per heavy atom. The maximum absolute atomic E-state index is 4.30. The van der Waals surface area contributed by atoms with E-state index in [0.717, 1.165) is 5.69 Å². The summed E-state index contributed by atoms with van der Waals surface area (Å²) in [7, 11) is 0. The van der Waals surface area contributed by atoms with E-state index in [9.17, 15) is 0 Å². The second kappa shape index (κ2) is 7.40. The van der Waals surface area contributed by atoms with Gasteiger partial charge >= 0.3 is 0 Å².